The molecule has 2 aromatic rings. The topological polar surface area (TPSA) is 50.7 Å². The van der Waals surface area contributed by atoms with Gasteiger partial charge in [-0.15, -0.1) is 0 Å². The third-order valence-electron chi connectivity index (χ3n) is 2.00. The highest BCUT2D eigenvalue weighted by atomic mass is 32.1. The summed E-state index contributed by atoms with van der Waals surface area (Å²) >= 11 is 1.62. The largest absolute Gasteiger partial charge is 0.361 e. The van der Waals surface area contributed by atoms with Gasteiger partial charge in [-0.05, 0) is 12.0 Å². The molecule has 0 amide bonds. The lowest BCUT2D eigenvalue weighted by Gasteiger charge is -2.04. The van der Waals surface area contributed by atoms with Crippen molar-refractivity contribution in [3.05, 3.63) is 24.8 Å². The molecule has 0 atom stereocenters. The summed E-state index contributed by atoms with van der Waals surface area (Å²) in [5, 5.41) is 4.24. The van der Waals surface area contributed by atoms with Crippen molar-refractivity contribution in [2.45, 2.75) is 13.8 Å². The van der Waals surface area contributed by atoms with Crippen LogP contribution in [0.2, 0.25) is 0 Å². The molecule has 1 N–H and O–H groups in total. The maximum absolute atomic E-state index is 4.31. The number of anilines is 1. The van der Waals surface area contributed by atoms with Crippen LogP contribution in [0, 0.1) is 5.92 Å². The van der Waals surface area contributed by atoms with E-state index in [9.17, 15) is 0 Å². The molecule has 0 aliphatic rings. The van der Waals surface area contributed by atoms with E-state index >= 15 is 0 Å². The Morgan fingerprint density at radius 3 is 2.94 bits per heavy atom. The van der Waals surface area contributed by atoms with Crippen molar-refractivity contribution in [1.82, 2.24) is 15.0 Å². The van der Waals surface area contributed by atoms with Gasteiger partial charge >= 0.3 is 0 Å². The minimum atomic E-state index is 0.617. The van der Waals surface area contributed by atoms with E-state index in [1.165, 1.54) is 0 Å². The Labute approximate surface area is 98.8 Å². The zero-order valence-corrected chi connectivity index (χ0v) is 10.2. The monoisotopic (exact) mass is 234 g/mol. The molecule has 0 fully saturated rings. The van der Waals surface area contributed by atoms with Gasteiger partial charge in [0.15, 0.2) is 5.13 Å². The van der Waals surface area contributed by atoms with Crippen LogP contribution in [0.25, 0.3) is 10.6 Å². The first kappa shape index (κ1) is 11.0. The van der Waals surface area contributed by atoms with Crippen LogP contribution in [-0.4, -0.2) is 21.5 Å². The summed E-state index contributed by atoms with van der Waals surface area (Å²) in [6.45, 7) is 5.29. The summed E-state index contributed by atoms with van der Waals surface area (Å²) in [5.74, 6) is 0.617. The first-order valence-corrected chi connectivity index (χ1v) is 6.03. The summed E-state index contributed by atoms with van der Waals surface area (Å²) in [4.78, 5) is 13.5. The Bertz CT molecular complexity index is 438. The zero-order valence-electron chi connectivity index (χ0n) is 9.34. The van der Waals surface area contributed by atoms with Crippen LogP contribution in [0.1, 0.15) is 13.8 Å². The standard InChI is InChI=1S/C11H14N4S/c1-8(2)5-13-11-14-6-10(16-11)9-3-4-12-7-15-9/h3-4,6-8H,5H2,1-2H3,(H,13,14). The molecule has 0 unspecified atom stereocenters. The molecule has 2 aromatic heterocycles. The molecule has 0 radical (unpaired) electrons. The summed E-state index contributed by atoms with van der Waals surface area (Å²) in [6.07, 6.45) is 5.13. The highest BCUT2D eigenvalue weighted by molar-refractivity contribution is 7.18. The first-order chi connectivity index (χ1) is 7.75. The molecule has 84 valence electrons. The molecule has 2 rings (SSSR count). The van der Waals surface area contributed by atoms with E-state index in [0.717, 1.165) is 22.2 Å². The number of aromatic nitrogens is 3. The van der Waals surface area contributed by atoms with Crippen LogP contribution in [-0.2, 0) is 0 Å². The van der Waals surface area contributed by atoms with Gasteiger partial charge in [0.05, 0.1) is 10.6 Å². The fourth-order valence-electron chi connectivity index (χ4n) is 1.20. The number of thiazole rings is 1. The smallest absolute Gasteiger partial charge is 0.183 e. The zero-order chi connectivity index (χ0) is 11.4. The molecular formula is C11H14N4S. The minimum absolute atomic E-state index is 0.617. The molecule has 0 aliphatic carbocycles. The number of hydrogen-bond donors (Lipinski definition) is 1. The molecular weight excluding hydrogens is 220 g/mol. The van der Waals surface area contributed by atoms with E-state index in [4.69, 9.17) is 0 Å². The second-order valence-electron chi connectivity index (χ2n) is 3.90. The summed E-state index contributed by atoms with van der Waals surface area (Å²) in [7, 11) is 0. The number of nitrogens with zero attached hydrogens (tertiary/aromatic N) is 3. The van der Waals surface area contributed by atoms with Gasteiger partial charge in [0.1, 0.15) is 6.33 Å². The van der Waals surface area contributed by atoms with Crippen molar-refractivity contribution in [2.75, 3.05) is 11.9 Å². The van der Waals surface area contributed by atoms with Gasteiger partial charge < -0.3 is 5.32 Å². The van der Waals surface area contributed by atoms with E-state index in [1.54, 1.807) is 23.9 Å². The van der Waals surface area contributed by atoms with Crippen LogP contribution in [0.4, 0.5) is 5.13 Å². The quantitative estimate of drug-likeness (QED) is 0.883. The van der Waals surface area contributed by atoms with Gasteiger partial charge in [0.2, 0.25) is 0 Å². The van der Waals surface area contributed by atoms with Gasteiger partial charge in [-0.2, -0.15) is 0 Å². The van der Waals surface area contributed by atoms with Crippen LogP contribution in [0.5, 0.6) is 0 Å². The van der Waals surface area contributed by atoms with Crippen LogP contribution >= 0.6 is 11.3 Å². The van der Waals surface area contributed by atoms with Gasteiger partial charge in [-0.3, -0.25) is 0 Å². The molecule has 0 bridgehead atoms. The average molecular weight is 234 g/mol. The Balaban J connectivity index is 2.08. The number of nitrogens with one attached hydrogen (secondary N) is 1. The van der Waals surface area contributed by atoms with E-state index in [2.05, 4.69) is 34.1 Å². The lowest BCUT2D eigenvalue weighted by Crippen LogP contribution is -2.07. The number of hydrogen-bond acceptors (Lipinski definition) is 5. The lowest BCUT2D eigenvalue weighted by molar-refractivity contribution is 0.688. The molecule has 0 spiro atoms. The van der Waals surface area contributed by atoms with Gasteiger partial charge in [0.25, 0.3) is 0 Å². The van der Waals surface area contributed by atoms with Gasteiger partial charge in [-0.25, -0.2) is 15.0 Å². The van der Waals surface area contributed by atoms with Crippen molar-refractivity contribution in [2.24, 2.45) is 5.92 Å². The van der Waals surface area contributed by atoms with E-state index in [0.29, 0.717) is 5.92 Å². The molecule has 5 heteroatoms. The van der Waals surface area contributed by atoms with Crippen molar-refractivity contribution in [3.8, 4) is 10.6 Å². The van der Waals surface area contributed by atoms with E-state index in [1.807, 2.05) is 12.3 Å². The van der Waals surface area contributed by atoms with Crippen LogP contribution < -0.4 is 5.32 Å². The second kappa shape index (κ2) is 5.03. The fraction of sp³-hybridized carbons (Fsp3) is 0.364. The number of rotatable bonds is 4. The van der Waals surface area contributed by atoms with Crippen molar-refractivity contribution in [3.63, 3.8) is 0 Å². The third-order valence-corrected chi connectivity index (χ3v) is 2.98. The normalized spacial score (nSPS) is 10.7. The van der Waals surface area contributed by atoms with E-state index < -0.39 is 0 Å². The lowest BCUT2D eigenvalue weighted by atomic mass is 10.2. The summed E-state index contributed by atoms with van der Waals surface area (Å²) < 4.78 is 0. The molecule has 0 saturated carbocycles. The van der Waals surface area contributed by atoms with Gasteiger partial charge in [0, 0.05) is 18.9 Å². The average Bonchev–Trinajstić information content (AvgIpc) is 2.76. The maximum Gasteiger partial charge on any atom is 0.183 e. The molecule has 4 nitrogen and oxygen atoms in total. The first-order valence-electron chi connectivity index (χ1n) is 5.22. The highest BCUT2D eigenvalue weighted by Crippen LogP contribution is 2.26. The second-order valence-corrected chi connectivity index (χ2v) is 4.93. The van der Waals surface area contributed by atoms with Crippen molar-refractivity contribution < 1.29 is 0 Å². The Kier molecular flexibility index (Phi) is 3.46. The third kappa shape index (κ3) is 2.76. The Morgan fingerprint density at radius 1 is 1.38 bits per heavy atom. The van der Waals surface area contributed by atoms with E-state index in [-0.39, 0.29) is 0 Å². The molecule has 0 aromatic carbocycles. The van der Waals surface area contributed by atoms with Crippen molar-refractivity contribution >= 4 is 16.5 Å². The van der Waals surface area contributed by atoms with Crippen LogP contribution in [0.15, 0.2) is 24.8 Å². The van der Waals surface area contributed by atoms with Crippen LogP contribution in [0.3, 0.4) is 0 Å². The predicted molar refractivity (Wildman–Crippen MR) is 66.5 cm³/mol. The molecule has 0 saturated heterocycles. The molecule has 2 heterocycles. The summed E-state index contributed by atoms with van der Waals surface area (Å²) in [5.41, 5.74) is 0.921. The molecule has 16 heavy (non-hydrogen) atoms. The Morgan fingerprint density at radius 2 is 2.25 bits per heavy atom. The Hall–Kier alpha value is -1.49. The predicted octanol–water partition coefficient (Wildman–Crippen LogP) is 2.67. The fourth-order valence-corrected chi connectivity index (χ4v) is 2.00. The van der Waals surface area contributed by atoms with Crippen molar-refractivity contribution in [1.29, 1.82) is 0 Å². The molecule has 0 aliphatic heterocycles. The van der Waals surface area contributed by atoms with Gasteiger partial charge in [-0.1, -0.05) is 25.2 Å². The minimum Gasteiger partial charge on any atom is -0.361 e. The SMILES string of the molecule is CC(C)CNc1ncc(-c2ccncn2)s1. The maximum atomic E-state index is 4.31. The summed E-state index contributed by atoms with van der Waals surface area (Å²) in [6, 6.07) is 1.89. The highest BCUT2D eigenvalue weighted by Gasteiger charge is 2.05.